The Morgan fingerprint density at radius 2 is 2.05 bits per heavy atom. The number of aryl methyl sites for hydroxylation is 1. The fourth-order valence-electron chi connectivity index (χ4n) is 5.27. The number of hydrazine groups is 1. The van der Waals surface area contributed by atoms with Gasteiger partial charge in [-0.1, -0.05) is 18.2 Å². The summed E-state index contributed by atoms with van der Waals surface area (Å²) in [4.78, 5) is 13.1. The minimum Gasteiger partial charge on any atom is -0.496 e. The number of rotatable bonds is 9. The number of hydrogen-bond donors (Lipinski definition) is 3. The number of carboxylic acids is 1. The Labute approximate surface area is 220 Å². The Bertz CT molecular complexity index is 1350. The van der Waals surface area contributed by atoms with E-state index in [0.29, 0.717) is 11.4 Å². The van der Waals surface area contributed by atoms with Gasteiger partial charge in [-0.3, -0.25) is 0 Å². The quantitative estimate of drug-likeness (QED) is 0.219. The smallest absolute Gasteiger partial charge is 0.339 e. The molecular weight excluding hydrogens is 488 g/mol. The van der Waals surface area contributed by atoms with Crippen LogP contribution in [0.4, 0.5) is 0 Å². The minimum atomic E-state index is -0.989. The molecule has 0 spiro atoms. The molecule has 37 heavy (non-hydrogen) atoms. The van der Waals surface area contributed by atoms with Crippen molar-refractivity contribution in [3.63, 3.8) is 0 Å². The fourth-order valence-corrected chi connectivity index (χ4v) is 6.31. The summed E-state index contributed by atoms with van der Waals surface area (Å²) in [6.45, 7) is 0. The van der Waals surface area contributed by atoms with E-state index in [9.17, 15) is 9.90 Å². The predicted molar refractivity (Wildman–Crippen MR) is 143 cm³/mol. The summed E-state index contributed by atoms with van der Waals surface area (Å²) in [5, 5.41) is 15.8. The Hall–Kier alpha value is -3.47. The maximum absolute atomic E-state index is 12.1. The summed E-state index contributed by atoms with van der Waals surface area (Å²) in [6.07, 6.45) is 5.87. The molecule has 194 valence electrons. The van der Waals surface area contributed by atoms with Crippen molar-refractivity contribution in [2.75, 3.05) is 21.2 Å². The van der Waals surface area contributed by atoms with Gasteiger partial charge < -0.3 is 20.6 Å². The Balaban J connectivity index is 1.46. The summed E-state index contributed by atoms with van der Waals surface area (Å²) in [5.41, 5.74) is 11.2. The number of benzene rings is 2. The molecule has 0 radical (unpaired) electrons. The van der Waals surface area contributed by atoms with Crippen LogP contribution in [0, 0.1) is 5.92 Å². The van der Waals surface area contributed by atoms with Crippen LogP contribution in [0.5, 0.6) is 5.75 Å². The minimum absolute atomic E-state index is 0.0300. The number of ether oxygens (including phenoxy) is 1. The molecule has 10 heteroatoms. The SMILES string of the molecule is COc1ccccc1SN(C)C1CCc2ccc(-n3ncc(C(=O)O)c3[C@@H]3CC3/C(N)=C/N(C)N)cc21. The standard InChI is InChI=1S/C27H32N6O3S/c1-31(29)15-22(28)19-13-20(19)26-21(27(34)35)14-30-33(26)17-10-8-16-9-11-23(18(16)12-17)32(2)37-25-7-5-4-6-24(25)36-3/h4-8,10,12,14-15,19-20,23H,9,11,13,28-29H2,1-3H3,(H,34,35)/b22-15-/t19?,20-,23?/m1/s1. The van der Waals surface area contributed by atoms with Gasteiger partial charge in [0.1, 0.15) is 11.3 Å². The highest BCUT2D eigenvalue weighted by molar-refractivity contribution is 7.97. The van der Waals surface area contributed by atoms with Crippen LogP contribution >= 0.6 is 11.9 Å². The summed E-state index contributed by atoms with van der Waals surface area (Å²) in [7, 11) is 5.50. The number of aromatic carboxylic acids is 1. The van der Waals surface area contributed by atoms with Crippen molar-refractivity contribution in [1.29, 1.82) is 0 Å². The first-order valence-corrected chi connectivity index (χ1v) is 13.0. The molecule has 1 heterocycles. The first kappa shape index (κ1) is 25.2. The second-order valence-electron chi connectivity index (χ2n) is 9.63. The third kappa shape index (κ3) is 4.92. The number of aromatic nitrogens is 2. The van der Waals surface area contributed by atoms with Crippen molar-refractivity contribution >= 4 is 17.9 Å². The monoisotopic (exact) mass is 520 g/mol. The number of allylic oxidation sites excluding steroid dienone is 1. The molecule has 1 saturated carbocycles. The van der Waals surface area contributed by atoms with Crippen molar-refractivity contribution in [1.82, 2.24) is 19.1 Å². The number of carbonyl (C=O) groups is 1. The molecule has 2 aliphatic carbocycles. The summed E-state index contributed by atoms with van der Waals surface area (Å²) < 4.78 is 9.58. The third-order valence-corrected chi connectivity index (χ3v) is 8.21. The van der Waals surface area contributed by atoms with E-state index in [4.69, 9.17) is 16.3 Å². The molecule has 2 unspecified atom stereocenters. The predicted octanol–water partition coefficient (Wildman–Crippen LogP) is 3.91. The Morgan fingerprint density at radius 3 is 2.78 bits per heavy atom. The van der Waals surface area contributed by atoms with Gasteiger partial charge in [0, 0.05) is 36.8 Å². The van der Waals surface area contributed by atoms with E-state index in [1.54, 1.807) is 37.0 Å². The van der Waals surface area contributed by atoms with Gasteiger partial charge in [-0.25, -0.2) is 19.6 Å². The normalized spacial score (nSPS) is 20.7. The second-order valence-corrected chi connectivity index (χ2v) is 10.8. The molecule has 1 fully saturated rings. The number of nitrogens with two attached hydrogens (primary N) is 2. The van der Waals surface area contributed by atoms with Crippen molar-refractivity contribution in [2.24, 2.45) is 17.5 Å². The number of carboxylic acid groups (broad SMARTS) is 1. The highest BCUT2D eigenvalue weighted by Gasteiger charge is 2.45. The number of nitrogens with zero attached hydrogens (tertiary/aromatic N) is 4. The summed E-state index contributed by atoms with van der Waals surface area (Å²) in [5.74, 6) is 5.59. The molecule has 0 saturated heterocycles. The molecule has 1 aromatic heterocycles. The highest BCUT2D eigenvalue weighted by atomic mass is 32.2. The molecule has 3 aromatic rings. The average molecular weight is 521 g/mol. The highest BCUT2D eigenvalue weighted by Crippen LogP contribution is 2.52. The zero-order valence-corrected chi connectivity index (χ0v) is 22.0. The Kier molecular flexibility index (Phi) is 6.89. The van der Waals surface area contributed by atoms with Crippen molar-refractivity contribution in [3.05, 3.63) is 82.9 Å². The van der Waals surface area contributed by atoms with Gasteiger partial charge in [-0.05, 0) is 73.7 Å². The van der Waals surface area contributed by atoms with Crippen LogP contribution in [0.1, 0.15) is 52.0 Å². The first-order valence-electron chi connectivity index (χ1n) is 12.2. The topological polar surface area (TPSA) is 123 Å². The van der Waals surface area contributed by atoms with Crippen LogP contribution in [-0.2, 0) is 6.42 Å². The molecular formula is C27H32N6O3S. The van der Waals surface area contributed by atoms with E-state index in [-0.39, 0.29) is 23.4 Å². The van der Waals surface area contributed by atoms with Crippen LogP contribution in [0.15, 0.2) is 65.5 Å². The molecule has 0 aliphatic heterocycles. The lowest BCUT2D eigenvalue weighted by atomic mass is 10.1. The van der Waals surface area contributed by atoms with Crippen molar-refractivity contribution in [2.45, 2.75) is 36.1 Å². The van der Waals surface area contributed by atoms with E-state index < -0.39 is 5.97 Å². The van der Waals surface area contributed by atoms with Crippen molar-refractivity contribution < 1.29 is 14.6 Å². The number of hydrogen-bond acceptors (Lipinski definition) is 8. The molecule has 5 N–H and O–H groups in total. The fraction of sp³-hybridized carbons (Fsp3) is 0.333. The molecule has 0 amide bonds. The summed E-state index contributed by atoms with van der Waals surface area (Å²) >= 11 is 1.67. The van der Waals surface area contributed by atoms with Gasteiger partial charge in [0.05, 0.1) is 29.6 Å². The number of methoxy groups -OCH3 is 1. The molecule has 0 bridgehead atoms. The molecule has 5 rings (SSSR count). The maximum atomic E-state index is 12.1. The van der Waals surface area contributed by atoms with Gasteiger partial charge in [0.15, 0.2) is 0 Å². The summed E-state index contributed by atoms with van der Waals surface area (Å²) in [6, 6.07) is 14.5. The second kappa shape index (κ2) is 10.1. The maximum Gasteiger partial charge on any atom is 0.339 e. The van der Waals surface area contributed by atoms with Gasteiger partial charge in [-0.2, -0.15) is 5.10 Å². The van der Waals surface area contributed by atoms with Gasteiger partial charge >= 0.3 is 5.97 Å². The zero-order valence-electron chi connectivity index (χ0n) is 21.2. The van der Waals surface area contributed by atoms with Gasteiger partial charge in [0.25, 0.3) is 0 Å². The molecule has 9 nitrogen and oxygen atoms in total. The lowest BCUT2D eigenvalue weighted by Gasteiger charge is -2.25. The van der Waals surface area contributed by atoms with Crippen LogP contribution in [-0.4, -0.2) is 51.4 Å². The molecule has 2 aliphatic rings. The van der Waals surface area contributed by atoms with Crippen molar-refractivity contribution in [3.8, 4) is 11.4 Å². The number of para-hydroxylation sites is 1. The first-order chi connectivity index (χ1) is 17.8. The van der Waals surface area contributed by atoms with E-state index in [1.807, 2.05) is 24.3 Å². The van der Waals surface area contributed by atoms with Gasteiger partial charge in [-0.15, -0.1) is 0 Å². The largest absolute Gasteiger partial charge is 0.496 e. The Morgan fingerprint density at radius 1 is 1.27 bits per heavy atom. The molecule has 3 atom stereocenters. The van der Waals surface area contributed by atoms with E-state index in [2.05, 4.69) is 34.7 Å². The molecule has 2 aromatic carbocycles. The third-order valence-electron chi connectivity index (χ3n) is 7.13. The number of fused-ring (bicyclic) bond motifs is 1. The van der Waals surface area contributed by atoms with Gasteiger partial charge in [0.2, 0.25) is 0 Å². The van der Waals surface area contributed by atoms with Crippen LogP contribution in [0.3, 0.4) is 0 Å². The average Bonchev–Trinajstić information content (AvgIpc) is 3.34. The van der Waals surface area contributed by atoms with Crippen LogP contribution in [0.2, 0.25) is 0 Å². The van der Waals surface area contributed by atoms with E-state index in [1.165, 1.54) is 22.3 Å². The van der Waals surface area contributed by atoms with E-state index >= 15 is 0 Å². The van der Waals surface area contributed by atoms with E-state index in [0.717, 1.165) is 35.6 Å². The zero-order chi connectivity index (χ0) is 26.3. The lowest BCUT2D eigenvalue weighted by Crippen LogP contribution is -2.21. The lowest BCUT2D eigenvalue weighted by molar-refractivity contribution is 0.0695. The van der Waals surface area contributed by atoms with Crippen LogP contribution in [0.25, 0.3) is 5.69 Å². The van der Waals surface area contributed by atoms with Crippen LogP contribution < -0.4 is 16.3 Å².